The highest BCUT2D eigenvalue weighted by molar-refractivity contribution is 5.15. The van der Waals surface area contributed by atoms with E-state index in [-0.39, 0.29) is 12.2 Å². The minimum atomic E-state index is -1.16. The lowest BCUT2D eigenvalue weighted by Crippen LogP contribution is -2.52. The fraction of sp³-hybridized carbons (Fsp3) is 1.00. The number of hydrogen-bond donors (Lipinski definition) is 3. The van der Waals surface area contributed by atoms with E-state index < -0.39 is 17.8 Å². The number of aliphatic hydroxyl groups excluding tert-OH is 2. The molecule has 1 aliphatic carbocycles. The molecular weight excluding hydrogens is 148 g/mol. The van der Waals surface area contributed by atoms with Gasteiger partial charge in [-0.15, -0.1) is 0 Å². The number of ether oxygens (including phenoxy) is 1. The van der Waals surface area contributed by atoms with Crippen molar-refractivity contribution in [2.24, 2.45) is 0 Å². The van der Waals surface area contributed by atoms with E-state index in [1.54, 1.807) is 6.92 Å². The monoisotopic (exact) mass is 160 g/mol. The van der Waals surface area contributed by atoms with E-state index >= 15 is 0 Å². The lowest BCUT2D eigenvalue weighted by Gasteiger charge is -2.32. The number of fused-ring (bicyclic) bond motifs is 1. The summed E-state index contributed by atoms with van der Waals surface area (Å²) in [5.74, 6) is 0. The molecule has 0 spiro atoms. The molecule has 1 saturated heterocycles. The fourth-order valence-electron chi connectivity index (χ4n) is 1.61. The average molecular weight is 160 g/mol. The van der Waals surface area contributed by atoms with Gasteiger partial charge in [-0.3, -0.25) is 0 Å². The van der Waals surface area contributed by atoms with Gasteiger partial charge in [0, 0.05) is 6.42 Å². The molecule has 4 nitrogen and oxygen atoms in total. The lowest BCUT2D eigenvalue weighted by atomic mass is 10.00. The van der Waals surface area contributed by atoms with Crippen molar-refractivity contribution in [2.75, 3.05) is 0 Å². The van der Waals surface area contributed by atoms with Gasteiger partial charge in [0.05, 0.1) is 12.2 Å². The van der Waals surface area contributed by atoms with Crippen LogP contribution in [0.2, 0.25) is 0 Å². The van der Waals surface area contributed by atoms with E-state index in [9.17, 15) is 15.3 Å². The van der Waals surface area contributed by atoms with Crippen molar-refractivity contribution in [3.05, 3.63) is 0 Å². The Labute approximate surface area is 64.4 Å². The Bertz CT molecular complexity index is 183. The first-order chi connectivity index (χ1) is 5.05. The Morgan fingerprint density at radius 3 is 2.73 bits per heavy atom. The Morgan fingerprint density at radius 1 is 1.45 bits per heavy atom. The van der Waals surface area contributed by atoms with Crippen LogP contribution in [0.5, 0.6) is 0 Å². The molecule has 4 heteroatoms. The third-order valence-electron chi connectivity index (χ3n) is 2.61. The van der Waals surface area contributed by atoms with Crippen LogP contribution in [0.15, 0.2) is 0 Å². The Morgan fingerprint density at radius 2 is 2.09 bits per heavy atom. The summed E-state index contributed by atoms with van der Waals surface area (Å²) in [6.45, 7) is 1.69. The lowest BCUT2D eigenvalue weighted by molar-refractivity contribution is -0.184. The van der Waals surface area contributed by atoms with Crippen LogP contribution in [-0.2, 0) is 4.74 Å². The zero-order valence-electron chi connectivity index (χ0n) is 6.27. The van der Waals surface area contributed by atoms with Crippen molar-refractivity contribution < 1.29 is 20.1 Å². The molecule has 1 aliphatic heterocycles. The predicted molar refractivity (Wildman–Crippen MR) is 35.9 cm³/mol. The molecule has 2 rings (SSSR count). The van der Waals surface area contributed by atoms with Crippen LogP contribution in [0.1, 0.15) is 13.3 Å². The maximum atomic E-state index is 9.47. The SMILES string of the molecule is CC1OC2CC2(O)C(O)C1O. The Balaban J connectivity index is 2.16. The third kappa shape index (κ3) is 0.840. The molecule has 64 valence electrons. The first kappa shape index (κ1) is 7.49. The minimum Gasteiger partial charge on any atom is -0.388 e. The molecule has 0 bridgehead atoms. The van der Waals surface area contributed by atoms with E-state index in [0.717, 1.165) is 0 Å². The maximum Gasteiger partial charge on any atom is 0.122 e. The molecule has 0 aromatic heterocycles. The van der Waals surface area contributed by atoms with Gasteiger partial charge in [0.25, 0.3) is 0 Å². The molecule has 1 heterocycles. The van der Waals surface area contributed by atoms with Gasteiger partial charge in [-0.25, -0.2) is 0 Å². The Kier molecular flexibility index (Phi) is 1.33. The zero-order chi connectivity index (χ0) is 8.22. The molecule has 0 aromatic rings. The number of hydrogen-bond acceptors (Lipinski definition) is 4. The summed E-state index contributed by atoms with van der Waals surface area (Å²) in [7, 11) is 0. The first-order valence-corrected chi connectivity index (χ1v) is 3.79. The predicted octanol–water partition coefficient (Wildman–Crippen LogP) is -1.37. The van der Waals surface area contributed by atoms with Gasteiger partial charge in [-0.05, 0) is 6.92 Å². The molecule has 0 amide bonds. The van der Waals surface area contributed by atoms with E-state index in [2.05, 4.69) is 0 Å². The fourth-order valence-corrected chi connectivity index (χ4v) is 1.61. The summed E-state index contributed by atoms with van der Waals surface area (Å²) < 4.78 is 5.19. The number of rotatable bonds is 0. The second kappa shape index (κ2) is 1.95. The smallest absolute Gasteiger partial charge is 0.122 e. The van der Waals surface area contributed by atoms with Gasteiger partial charge in [0.2, 0.25) is 0 Å². The molecule has 11 heavy (non-hydrogen) atoms. The number of aliphatic hydroxyl groups is 3. The van der Waals surface area contributed by atoms with Gasteiger partial charge >= 0.3 is 0 Å². The zero-order valence-corrected chi connectivity index (χ0v) is 6.27. The van der Waals surface area contributed by atoms with E-state index in [0.29, 0.717) is 6.42 Å². The molecule has 2 fully saturated rings. The largest absolute Gasteiger partial charge is 0.388 e. The van der Waals surface area contributed by atoms with Crippen LogP contribution < -0.4 is 0 Å². The highest BCUT2D eigenvalue weighted by atomic mass is 16.6. The minimum absolute atomic E-state index is 0.268. The summed E-state index contributed by atoms with van der Waals surface area (Å²) in [6.07, 6.45) is -2.21. The average Bonchev–Trinajstić information content (AvgIpc) is 2.59. The van der Waals surface area contributed by atoms with Crippen LogP contribution in [0.25, 0.3) is 0 Å². The van der Waals surface area contributed by atoms with Crippen molar-refractivity contribution in [3.63, 3.8) is 0 Å². The third-order valence-corrected chi connectivity index (χ3v) is 2.61. The van der Waals surface area contributed by atoms with Gasteiger partial charge in [-0.1, -0.05) is 0 Å². The van der Waals surface area contributed by atoms with Crippen LogP contribution in [0, 0.1) is 0 Å². The molecular formula is C7H12O4. The highest BCUT2D eigenvalue weighted by Gasteiger charge is 2.65. The van der Waals surface area contributed by atoms with E-state index in [1.165, 1.54) is 0 Å². The molecule has 3 N–H and O–H groups in total. The summed E-state index contributed by atoms with van der Waals surface area (Å²) in [5, 5.41) is 28.1. The highest BCUT2D eigenvalue weighted by Crippen LogP contribution is 2.47. The van der Waals surface area contributed by atoms with Gasteiger partial charge < -0.3 is 20.1 Å². The second-order valence-electron chi connectivity index (χ2n) is 3.46. The van der Waals surface area contributed by atoms with Crippen LogP contribution in [-0.4, -0.2) is 45.3 Å². The first-order valence-electron chi connectivity index (χ1n) is 3.79. The molecule has 5 unspecified atom stereocenters. The van der Waals surface area contributed by atoms with Crippen molar-refractivity contribution in [3.8, 4) is 0 Å². The molecule has 0 aromatic carbocycles. The molecule has 1 saturated carbocycles. The molecule has 2 aliphatic rings. The summed E-state index contributed by atoms with van der Waals surface area (Å²) in [6, 6.07) is 0. The van der Waals surface area contributed by atoms with Crippen molar-refractivity contribution in [2.45, 2.75) is 43.4 Å². The maximum absolute atomic E-state index is 9.47. The van der Waals surface area contributed by atoms with Crippen molar-refractivity contribution in [1.29, 1.82) is 0 Å². The van der Waals surface area contributed by atoms with Crippen molar-refractivity contribution in [1.82, 2.24) is 0 Å². The van der Waals surface area contributed by atoms with Crippen LogP contribution in [0.4, 0.5) is 0 Å². The van der Waals surface area contributed by atoms with Gasteiger partial charge in [0.15, 0.2) is 0 Å². The normalized spacial score (nSPS) is 62.2. The molecule has 5 atom stereocenters. The van der Waals surface area contributed by atoms with Crippen molar-refractivity contribution >= 4 is 0 Å². The summed E-state index contributed by atoms with van der Waals surface area (Å²) in [4.78, 5) is 0. The van der Waals surface area contributed by atoms with Gasteiger partial charge in [-0.2, -0.15) is 0 Å². The quantitative estimate of drug-likeness (QED) is 0.409. The van der Waals surface area contributed by atoms with Crippen LogP contribution in [0.3, 0.4) is 0 Å². The Hall–Kier alpha value is -0.160. The van der Waals surface area contributed by atoms with Gasteiger partial charge in [0.1, 0.15) is 17.8 Å². The van der Waals surface area contributed by atoms with E-state index in [4.69, 9.17) is 4.74 Å². The van der Waals surface area contributed by atoms with E-state index in [1.807, 2.05) is 0 Å². The summed E-state index contributed by atoms with van der Waals surface area (Å²) in [5.41, 5.74) is -1.16. The van der Waals surface area contributed by atoms with Crippen LogP contribution >= 0.6 is 0 Å². The topological polar surface area (TPSA) is 69.9 Å². The molecule has 0 radical (unpaired) electrons. The standard InChI is InChI=1S/C7H12O4/c1-3-5(8)6(9)7(10)2-4(7)11-3/h3-6,8-10H,2H2,1H3. The summed E-state index contributed by atoms with van der Waals surface area (Å²) >= 11 is 0. The second-order valence-corrected chi connectivity index (χ2v) is 3.46.